The third-order valence-electron chi connectivity index (χ3n) is 3.51. The molecule has 5 heteroatoms. The van der Waals surface area contributed by atoms with Crippen LogP contribution in [0.5, 0.6) is 0 Å². The second-order valence-corrected chi connectivity index (χ2v) is 6.05. The van der Waals surface area contributed by atoms with Crippen LogP contribution in [-0.2, 0) is 6.54 Å². The van der Waals surface area contributed by atoms with E-state index in [9.17, 15) is 0 Å². The molecule has 0 fully saturated rings. The van der Waals surface area contributed by atoms with Crippen molar-refractivity contribution in [3.63, 3.8) is 0 Å². The second kappa shape index (κ2) is 6.83. The van der Waals surface area contributed by atoms with Gasteiger partial charge in [-0.1, -0.05) is 56.3 Å². The highest BCUT2D eigenvalue weighted by Gasteiger charge is 2.21. The molecule has 0 bridgehead atoms. The summed E-state index contributed by atoms with van der Waals surface area (Å²) in [6, 6.07) is 9.85. The van der Waals surface area contributed by atoms with E-state index in [1.807, 2.05) is 30.3 Å². The summed E-state index contributed by atoms with van der Waals surface area (Å²) in [4.78, 5) is 6.75. The van der Waals surface area contributed by atoms with E-state index in [1.54, 1.807) is 0 Å². The molecule has 0 radical (unpaired) electrons. The number of aromatic nitrogens is 2. The first-order valence-corrected chi connectivity index (χ1v) is 7.34. The summed E-state index contributed by atoms with van der Waals surface area (Å²) in [6.45, 7) is 9.59. The fourth-order valence-electron chi connectivity index (χ4n) is 2.16. The van der Waals surface area contributed by atoms with Crippen LogP contribution in [0.3, 0.4) is 0 Å². The van der Waals surface area contributed by atoms with Crippen LogP contribution in [0.4, 0.5) is 0 Å². The Labute approximate surface area is 126 Å². The molecule has 1 aromatic heterocycles. The van der Waals surface area contributed by atoms with Gasteiger partial charge in [0, 0.05) is 12.1 Å². The largest absolute Gasteiger partial charge is 0.338 e. The molecule has 21 heavy (non-hydrogen) atoms. The Morgan fingerprint density at radius 3 is 2.57 bits per heavy atom. The van der Waals surface area contributed by atoms with Crippen LogP contribution < -0.4 is 5.73 Å². The summed E-state index contributed by atoms with van der Waals surface area (Å²) in [6.07, 6.45) is 0. The highest BCUT2D eigenvalue weighted by atomic mass is 16.5. The molecule has 0 spiro atoms. The fourth-order valence-corrected chi connectivity index (χ4v) is 2.16. The van der Waals surface area contributed by atoms with Gasteiger partial charge in [-0.2, -0.15) is 4.98 Å². The van der Waals surface area contributed by atoms with Gasteiger partial charge in [0.05, 0.1) is 6.54 Å². The number of hydrogen-bond acceptors (Lipinski definition) is 5. The summed E-state index contributed by atoms with van der Waals surface area (Å²) < 4.78 is 5.37. The number of hydrogen-bond donors (Lipinski definition) is 1. The Bertz CT molecular complexity index is 550. The van der Waals surface area contributed by atoms with Crippen molar-refractivity contribution in [3.8, 4) is 11.4 Å². The monoisotopic (exact) mass is 288 g/mol. The van der Waals surface area contributed by atoms with Gasteiger partial charge in [-0.25, -0.2) is 0 Å². The van der Waals surface area contributed by atoms with Gasteiger partial charge in [0.25, 0.3) is 0 Å². The zero-order chi connectivity index (χ0) is 15.3. The summed E-state index contributed by atoms with van der Waals surface area (Å²) >= 11 is 0. The van der Waals surface area contributed by atoms with Crippen LogP contribution in [-0.4, -0.2) is 34.7 Å². The quantitative estimate of drug-likeness (QED) is 0.848. The minimum Gasteiger partial charge on any atom is -0.338 e. The van der Waals surface area contributed by atoms with Gasteiger partial charge in [0.15, 0.2) is 0 Å². The third-order valence-corrected chi connectivity index (χ3v) is 3.51. The maximum atomic E-state index is 5.80. The van der Waals surface area contributed by atoms with Crippen LogP contribution in [0, 0.1) is 5.41 Å². The second-order valence-electron chi connectivity index (χ2n) is 6.05. The minimum atomic E-state index is 0.0816. The lowest BCUT2D eigenvalue weighted by molar-refractivity contribution is 0.165. The summed E-state index contributed by atoms with van der Waals surface area (Å²) in [5.74, 6) is 1.28. The minimum absolute atomic E-state index is 0.0816. The van der Waals surface area contributed by atoms with E-state index in [1.165, 1.54) is 0 Å². The highest BCUT2D eigenvalue weighted by Crippen LogP contribution is 2.18. The molecular weight excluding hydrogens is 264 g/mol. The van der Waals surface area contributed by atoms with E-state index in [0.29, 0.717) is 24.8 Å². The maximum Gasteiger partial charge on any atom is 0.241 e. The van der Waals surface area contributed by atoms with Gasteiger partial charge in [0.1, 0.15) is 0 Å². The molecule has 0 saturated heterocycles. The van der Waals surface area contributed by atoms with Crippen LogP contribution in [0.15, 0.2) is 34.9 Å². The summed E-state index contributed by atoms with van der Waals surface area (Å²) in [7, 11) is 0. The van der Waals surface area contributed by atoms with Crippen molar-refractivity contribution in [1.82, 2.24) is 15.0 Å². The molecule has 0 saturated carbocycles. The van der Waals surface area contributed by atoms with Gasteiger partial charge >= 0.3 is 0 Å². The SMILES string of the molecule is CCN(Cc1nc(-c2ccccc2)no1)CC(C)(C)CN. The molecule has 0 amide bonds. The van der Waals surface area contributed by atoms with E-state index in [0.717, 1.165) is 18.7 Å². The molecule has 0 aliphatic heterocycles. The van der Waals surface area contributed by atoms with E-state index in [-0.39, 0.29) is 5.41 Å². The van der Waals surface area contributed by atoms with Crippen molar-refractivity contribution in [2.45, 2.75) is 27.3 Å². The van der Waals surface area contributed by atoms with E-state index in [2.05, 4.69) is 35.8 Å². The van der Waals surface area contributed by atoms with Gasteiger partial charge in [-0.3, -0.25) is 4.90 Å². The molecule has 2 rings (SSSR count). The average Bonchev–Trinajstić information content (AvgIpc) is 2.96. The first-order valence-electron chi connectivity index (χ1n) is 7.34. The van der Waals surface area contributed by atoms with Crippen LogP contribution in [0.2, 0.25) is 0 Å². The standard InChI is InChI=1S/C16H24N4O/c1-4-20(12-16(2,3)11-17)10-14-18-15(19-21-14)13-8-6-5-7-9-13/h5-9H,4,10-12,17H2,1-3H3. The lowest BCUT2D eigenvalue weighted by atomic mass is 9.93. The number of nitrogens with zero attached hydrogens (tertiary/aromatic N) is 3. The summed E-state index contributed by atoms with van der Waals surface area (Å²) in [5.41, 5.74) is 6.86. The maximum absolute atomic E-state index is 5.80. The lowest BCUT2D eigenvalue weighted by Gasteiger charge is -2.29. The number of benzene rings is 1. The highest BCUT2D eigenvalue weighted by molar-refractivity contribution is 5.53. The van der Waals surface area contributed by atoms with Crippen molar-refractivity contribution in [2.24, 2.45) is 11.1 Å². The van der Waals surface area contributed by atoms with Crippen molar-refractivity contribution < 1.29 is 4.52 Å². The van der Waals surface area contributed by atoms with Gasteiger partial charge < -0.3 is 10.3 Å². The van der Waals surface area contributed by atoms with Crippen LogP contribution in [0.25, 0.3) is 11.4 Å². The van der Waals surface area contributed by atoms with E-state index < -0.39 is 0 Å². The Morgan fingerprint density at radius 2 is 1.95 bits per heavy atom. The van der Waals surface area contributed by atoms with Crippen LogP contribution in [0.1, 0.15) is 26.7 Å². The molecule has 1 aromatic carbocycles. The average molecular weight is 288 g/mol. The number of nitrogens with two attached hydrogens (primary N) is 1. The zero-order valence-corrected chi connectivity index (χ0v) is 13.0. The smallest absolute Gasteiger partial charge is 0.241 e. The molecule has 0 unspecified atom stereocenters. The molecular formula is C16H24N4O. The molecule has 2 aromatic rings. The lowest BCUT2D eigenvalue weighted by Crippen LogP contribution is -2.38. The molecule has 1 heterocycles. The van der Waals surface area contributed by atoms with Gasteiger partial charge in [-0.15, -0.1) is 0 Å². The van der Waals surface area contributed by atoms with Crippen molar-refractivity contribution in [2.75, 3.05) is 19.6 Å². The Morgan fingerprint density at radius 1 is 1.24 bits per heavy atom. The fraction of sp³-hybridized carbons (Fsp3) is 0.500. The van der Waals surface area contributed by atoms with Crippen molar-refractivity contribution in [1.29, 1.82) is 0 Å². The normalized spacial score (nSPS) is 12.0. The van der Waals surface area contributed by atoms with Gasteiger partial charge in [0.2, 0.25) is 11.7 Å². The molecule has 0 aliphatic rings. The Balaban J connectivity index is 2.04. The first kappa shape index (κ1) is 15.7. The third kappa shape index (κ3) is 4.37. The zero-order valence-electron chi connectivity index (χ0n) is 13.0. The van der Waals surface area contributed by atoms with Crippen molar-refractivity contribution in [3.05, 3.63) is 36.2 Å². The molecule has 5 nitrogen and oxygen atoms in total. The first-order chi connectivity index (χ1) is 10.0. The number of rotatable bonds is 7. The predicted molar refractivity (Wildman–Crippen MR) is 83.5 cm³/mol. The topological polar surface area (TPSA) is 68.2 Å². The van der Waals surface area contributed by atoms with Gasteiger partial charge in [-0.05, 0) is 18.5 Å². The van der Waals surface area contributed by atoms with E-state index >= 15 is 0 Å². The predicted octanol–water partition coefficient (Wildman–Crippen LogP) is 2.54. The molecule has 0 atom stereocenters. The Kier molecular flexibility index (Phi) is 5.09. The Hall–Kier alpha value is -1.72. The molecule has 2 N–H and O–H groups in total. The van der Waals surface area contributed by atoms with Crippen LogP contribution >= 0.6 is 0 Å². The molecule has 114 valence electrons. The van der Waals surface area contributed by atoms with E-state index in [4.69, 9.17) is 10.3 Å². The molecule has 0 aliphatic carbocycles. The summed E-state index contributed by atoms with van der Waals surface area (Å²) in [5, 5.41) is 4.05. The van der Waals surface area contributed by atoms with Crippen molar-refractivity contribution >= 4 is 0 Å².